The van der Waals surface area contributed by atoms with Crippen LogP contribution in [-0.4, -0.2) is 30.6 Å². The predicted molar refractivity (Wildman–Crippen MR) is 84.4 cm³/mol. The fraction of sp³-hybridized carbons (Fsp3) is 0.333. The smallest absolute Gasteiger partial charge is 0.357 e. The van der Waals surface area contributed by atoms with Gasteiger partial charge in [-0.15, -0.1) is 11.3 Å². The van der Waals surface area contributed by atoms with Crippen LogP contribution in [0.1, 0.15) is 23.0 Å². The Balaban J connectivity index is 2.37. The average Bonchev–Trinajstić information content (AvgIpc) is 3.11. The van der Waals surface area contributed by atoms with Crippen molar-refractivity contribution in [3.05, 3.63) is 45.7 Å². The molecule has 0 unspecified atom stereocenters. The van der Waals surface area contributed by atoms with Crippen LogP contribution in [-0.2, 0) is 11.3 Å². The highest BCUT2D eigenvalue weighted by molar-refractivity contribution is 7.13. The van der Waals surface area contributed by atoms with Gasteiger partial charge >= 0.3 is 5.97 Å². The van der Waals surface area contributed by atoms with Crippen molar-refractivity contribution >= 4 is 22.4 Å². The maximum absolute atomic E-state index is 13.9. The van der Waals surface area contributed by atoms with E-state index in [1.54, 1.807) is 6.92 Å². The lowest BCUT2D eigenvalue weighted by Crippen LogP contribution is -2.30. The quantitative estimate of drug-likeness (QED) is 0.338. The number of benzene rings is 1. The van der Waals surface area contributed by atoms with Crippen molar-refractivity contribution in [2.24, 2.45) is 5.73 Å². The Hall–Kier alpha value is -2.27. The zero-order chi connectivity index (χ0) is 19.4. The molecule has 0 atom stereocenters. The summed E-state index contributed by atoms with van der Waals surface area (Å²) in [6.07, 6.45) is 0. The summed E-state index contributed by atoms with van der Waals surface area (Å²) in [5, 5.41) is 1.48. The maximum Gasteiger partial charge on any atom is 0.357 e. The Bertz CT molecular complexity index is 786. The van der Waals surface area contributed by atoms with Crippen LogP contribution in [0.4, 0.5) is 27.1 Å². The SMILES string of the molecule is CCOC(=O)c1csc(N(CCN)Cc2c(F)c(F)c(F)c(F)c2F)n1. The van der Waals surface area contributed by atoms with E-state index in [0.29, 0.717) is 0 Å². The van der Waals surface area contributed by atoms with Crippen LogP contribution >= 0.6 is 11.3 Å². The van der Waals surface area contributed by atoms with Crippen LogP contribution in [0.2, 0.25) is 0 Å². The summed E-state index contributed by atoms with van der Waals surface area (Å²) in [6, 6.07) is 0. The molecule has 0 radical (unpaired) electrons. The molecule has 1 aromatic heterocycles. The molecule has 0 spiro atoms. The number of carbonyl (C=O) groups excluding carboxylic acids is 1. The number of thiazole rings is 1. The van der Waals surface area contributed by atoms with E-state index in [9.17, 15) is 26.7 Å². The van der Waals surface area contributed by atoms with Crippen molar-refractivity contribution in [1.82, 2.24) is 4.98 Å². The standard InChI is InChI=1S/C15H14F5N3O2S/c1-2-25-14(24)8-6-26-15(22-8)23(4-3-21)5-7-9(16)11(18)13(20)12(19)10(7)17/h6H,2-5,21H2,1H3. The molecule has 0 aliphatic carbocycles. The number of hydrogen-bond acceptors (Lipinski definition) is 6. The minimum absolute atomic E-state index is 0.00920. The van der Waals surface area contributed by atoms with Crippen molar-refractivity contribution in [2.45, 2.75) is 13.5 Å². The van der Waals surface area contributed by atoms with Crippen molar-refractivity contribution < 1.29 is 31.5 Å². The van der Waals surface area contributed by atoms with Gasteiger partial charge in [0.25, 0.3) is 0 Å². The van der Waals surface area contributed by atoms with Gasteiger partial charge in [-0.3, -0.25) is 0 Å². The minimum Gasteiger partial charge on any atom is -0.461 e. The molecular formula is C15H14F5N3O2S. The lowest BCUT2D eigenvalue weighted by Gasteiger charge is -2.22. The number of nitrogens with zero attached hydrogens (tertiary/aromatic N) is 2. The Morgan fingerprint density at radius 2 is 1.73 bits per heavy atom. The first-order valence-electron chi connectivity index (χ1n) is 7.39. The van der Waals surface area contributed by atoms with E-state index < -0.39 is 47.2 Å². The molecule has 1 aromatic carbocycles. The molecule has 0 amide bonds. The van der Waals surface area contributed by atoms with Crippen LogP contribution in [0.5, 0.6) is 0 Å². The lowest BCUT2D eigenvalue weighted by atomic mass is 10.1. The largest absolute Gasteiger partial charge is 0.461 e. The van der Waals surface area contributed by atoms with Gasteiger partial charge in [-0.05, 0) is 6.92 Å². The predicted octanol–water partition coefficient (Wildman–Crippen LogP) is 2.98. The van der Waals surface area contributed by atoms with Crippen LogP contribution in [0.25, 0.3) is 0 Å². The third-order valence-electron chi connectivity index (χ3n) is 3.30. The van der Waals surface area contributed by atoms with Crippen LogP contribution in [0.3, 0.4) is 0 Å². The summed E-state index contributed by atoms with van der Waals surface area (Å²) in [7, 11) is 0. The van der Waals surface area contributed by atoms with E-state index in [1.165, 1.54) is 10.3 Å². The molecular weight excluding hydrogens is 381 g/mol. The zero-order valence-electron chi connectivity index (χ0n) is 13.5. The van der Waals surface area contributed by atoms with E-state index in [-0.39, 0.29) is 30.5 Å². The number of nitrogens with two attached hydrogens (primary N) is 1. The van der Waals surface area contributed by atoms with Gasteiger partial charge in [-0.25, -0.2) is 31.7 Å². The number of halogens is 5. The topological polar surface area (TPSA) is 68.5 Å². The molecule has 11 heteroatoms. The van der Waals surface area contributed by atoms with E-state index in [1.807, 2.05) is 0 Å². The third-order valence-corrected chi connectivity index (χ3v) is 4.20. The van der Waals surface area contributed by atoms with E-state index in [0.717, 1.165) is 11.3 Å². The minimum atomic E-state index is -2.23. The zero-order valence-corrected chi connectivity index (χ0v) is 14.3. The maximum atomic E-state index is 13.9. The third kappa shape index (κ3) is 3.93. The number of rotatable bonds is 7. The summed E-state index contributed by atoms with van der Waals surface area (Å²) in [6.45, 7) is 1.09. The highest BCUT2D eigenvalue weighted by Gasteiger charge is 2.27. The molecule has 0 saturated carbocycles. The molecule has 26 heavy (non-hydrogen) atoms. The normalized spacial score (nSPS) is 10.9. The first-order valence-corrected chi connectivity index (χ1v) is 8.27. The van der Waals surface area contributed by atoms with Crippen molar-refractivity contribution in [1.29, 1.82) is 0 Å². The number of anilines is 1. The number of hydrogen-bond donors (Lipinski definition) is 1. The molecule has 1 heterocycles. The van der Waals surface area contributed by atoms with Gasteiger partial charge in [0.2, 0.25) is 5.82 Å². The average molecular weight is 395 g/mol. The van der Waals surface area contributed by atoms with E-state index in [2.05, 4.69) is 4.98 Å². The van der Waals surface area contributed by atoms with Crippen LogP contribution in [0, 0.1) is 29.1 Å². The first-order chi connectivity index (χ1) is 12.3. The van der Waals surface area contributed by atoms with Crippen LogP contribution < -0.4 is 10.6 Å². The monoisotopic (exact) mass is 395 g/mol. The molecule has 0 aliphatic heterocycles. The Kier molecular flexibility index (Phi) is 6.48. The highest BCUT2D eigenvalue weighted by atomic mass is 32.1. The second-order valence-corrected chi connectivity index (χ2v) is 5.83. The summed E-state index contributed by atoms with van der Waals surface area (Å²) >= 11 is 0.946. The second kappa shape index (κ2) is 8.41. The Labute approximate surface area is 149 Å². The van der Waals surface area contributed by atoms with E-state index >= 15 is 0 Å². The molecule has 0 bridgehead atoms. The van der Waals surface area contributed by atoms with Gasteiger partial charge in [-0.2, -0.15) is 0 Å². The number of carbonyl (C=O) groups is 1. The van der Waals surface area contributed by atoms with Gasteiger partial charge in [0.05, 0.1) is 13.2 Å². The Morgan fingerprint density at radius 3 is 2.27 bits per heavy atom. The Morgan fingerprint density at radius 1 is 1.15 bits per heavy atom. The summed E-state index contributed by atoms with van der Waals surface area (Å²) < 4.78 is 72.4. The van der Waals surface area contributed by atoms with Gasteiger partial charge in [0.1, 0.15) is 0 Å². The highest BCUT2D eigenvalue weighted by Crippen LogP contribution is 2.27. The molecule has 142 valence electrons. The van der Waals surface area contributed by atoms with Crippen molar-refractivity contribution in [2.75, 3.05) is 24.6 Å². The van der Waals surface area contributed by atoms with Crippen molar-refractivity contribution in [3.8, 4) is 0 Å². The van der Waals surface area contributed by atoms with Gasteiger partial charge in [0.15, 0.2) is 34.1 Å². The molecule has 2 aromatic rings. The van der Waals surface area contributed by atoms with E-state index in [4.69, 9.17) is 10.5 Å². The molecule has 0 fully saturated rings. The number of ether oxygens (including phenoxy) is 1. The number of aromatic nitrogens is 1. The van der Waals surface area contributed by atoms with Gasteiger partial charge in [0, 0.05) is 24.0 Å². The molecule has 0 aliphatic rings. The first kappa shape index (κ1) is 20.0. The molecule has 5 nitrogen and oxygen atoms in total. The lowest BCUT2D eigenvalue weighted by molar-refractivity contribution is 0.0520. The molecule has 0 saturated heterocycles. The molecule has 2 rings (SSSR count). The number of esters is 1. The van der Waals surface area contributed by atoms with Crippen LogP contribution in [0.15, 0.2) is 5.38 Å². The van der Waals surface area contributed by atoms with Crippen molar-refractivity contribution in [3.63, 3.8) is 0 Å². The molecule has 2 N–H and O–H groups in total. The summed E-state index contributed by atoms with van der Waals surface area (Å²) in [5.74, 6) is -10.8. The van der Waals surface area contributed by atoms with Gasteiger partial charge < -0.3 is 15.4 Å². The second-order valence-electron chi connectivity index (χ2n) is 4.99. The fourth-order valence-corrected chi connectivity index (χ4v) is 2.91. The summed E-state index contributed by atoms with van der Waals surface area (Å²) in [5.41, 5.74) is 4.40. The van der Waals surface area contributed by atoms with Gasteiger partial charge in [-0.1, -0.05) is 0 Å². The fourth-order valence-electron chi connectivity index (χ4n) is 2.09. The summed E-state index contributed by atoms with van der Waals surface area (Å²) in [4.78, 5) is 16.8.